The van der Waals surface area contributed by atoms with Gasteiger partial charge >= 0.3 is 0 Å². The molecule has 0 unspecified atom stereocenters. The number of hydrogen-bond acceptors (Lipinski definition) is 3. The van der Waals surface area contributed by atoms with E-state index < -0.39 is 5.54 Å². The Labute approximate surface area is 113 Å². The van der Waals surface area contributed by atoms with Crippen molar-refractivity contribution in [3.63, 3.8) is 0 Å². The summed E-state index contributed by atoms with van der Waals surface area (Å²) < 4.78 is 1.53. The van der Waals surface area contributed by atoms with E-state index in [0.29, 0.717) is 18.7 Å². The van der Waals surface area contributed by atoms with Gasteiger partial charge in [-0.3, -0.25) is 9.59 Å². The van der Waals surface area contributed by atoms with Gasteiger partial charge in [0.15, 0.2) is 0 Å². The van der Waals surface area contributed by atoms with Gasteiger partial charge in [0.1, 0.15) is 5.54 Å². The number of hydrogen-bond donors (Lipinski definition) is 1. The molecule has 0 saturated carbocycles. The third-order valence-corrected chi connectivity index (χ3v) is 3.67. The highest BCUT2D eigenvalue weighted by Crippen LogP contribution is 2.17. The van der Waals surface area contributed by atoms with E-state index in [4.69, 9.17) is 0 Å². The maximum absolute atomic E-state index is 12.6. The molecule has 2 heterocycles. The highest BCUT2D eigenvalue weighted by Gasteiger charge is 2.34. The molecule has 0 atom stereocenters. The summed E-state index contributed by atoms with van der Waals surface area (Å²) in [5.74, 6) is 0.00157. The Hall–Kier alpha value is -1.62. The third kappa shape index (κ3) is 2.56. The number of rotatable bonds is 2. The Morgan fingerprint density at radius 2 is 1.95 bits per heavy atom. The van der Waals surface area contributed by atoms with Gasteiger partial charge in [-0.25, -0.2) is 0 Å². The van der Waals surface area contributed by atoms with Crippen LogP contribution in [0.25, 0.3) is 0 Å². The zero-order valence-electron chi connectivity index (χ0n) is 11.8. The van der Waals surface area contributed by atoms with Crippen LogP contribution in [0.4, 0.5) is 0 Å². The Balaban J connectivity index is 2.33. The van der Waals surface area contributed by atoms with Gasteiger partial charge in [-0.05, 0) is 26.8 Å². The molecule has 1 aromatic heterocycles. The Kier molecular flexibility index (Phi) is 3.75. The second-order valence-corrected chi connectivity index (χ2v) is 5.47. The molecule has 2 rings (SSSR count). The molecular weight excluding hydrogens is 242 g/mol. The van der Waals surface area contributed by atoms with E-state index in [0.717, 1.165) is 13.1 Å². The molecule has 1 N–H and O–H groups in total. The summed E-state index contributed by atoms with van der Waals surface area (Å²) in [4.78, 5) is 26.6. The molecule has 19 heavy (non-hydrogen) atoms. The molecule has 1 aliphatic rings. The van der Waals surface area contributed by atoms with Crippen molar-refractivity contribution in [1.82, 2.24) is 14.8 Å². The molecule has 5 heteroatoms. The highest BCUT2D eigenvalue weighted by molar-refractivity contribution is 5.83. The first-order valence-electron chi connectivity index (χ1n) is 6.63. The lowest BCUT2D eigenvalue weighted by molar-refractivity contribution is -0.140. The number of nitrogens with zero attached hydrogens (tertiary/aromatic N) is 2. The summed E-state index contributed by atoms with van der Waals surface area (Å²) >= 11 is 0. The predicted octanol–water partition coefficient (Wildman–Crippen LogP) is 0.324. The standard InChI is InChI=1S/C14H21N3O2/c1-11-5-4-8-17(12(11)18)14(2,3)13(19)16-9-6-15-7-10-16/h4-5,8,15H,6-7,9-10H2,1-3H3. The monoisotopic (exact) mass is 263 g/mol. The molecule has 0 aliphatic carbocycles. The van der Waals surface area contributed by atoms with E-state index in [9.17, 15) is 9.59 Å². The average molecular weight is 263 g/mol. The summed E-state index contributed by atoms with van der Waals surface area (Å²) in [6.45, 7) is 8.39. The van der Waals surface area contributed by atoms with Crippen LogP contribution in [0.1, 0.15) is 19.4 Å². The first-order valence-corrected chi connectivity index (χ1v) is 6.63. The Morgan fingerprint density at radius 1 is 1.32 bits per heavy atom. The minimum atomic E-state index is -0.847. The fourth-order valence-electron chi connectivity index (χ4n) is 2.40. The average Bonchev–Trinajstić information content (AvgIpc) is 2.41. The summed E-state index contributed by atoms with van der Waals surface area (Å²) in [5.41, 5.74) is -0.292. The van der Waals surface area contributed by atoms with E-state index in [1.54, 1.807) is 33.0 Å². The van der Waals surface area contributed by atoms with Crippen molar-refractivity contribution in [3.8, 4) is 0 Å². The first kappa shape index (κ1) is 13.8. The van der Waals surface area contributed by atoms with Crippen molar-refractivity contribution in [2.24, 2.45) is 0 Å². The maximum Gasteiger partial charge on any atom is 0.254 e. The third-order valence-electron chi connectivity index (χ3n) is 3.67. The number of piperazine rings is 1. The topological polar surface area (TPSA) is 54.3 Å². The van der Waals surface area contributed by atoms with E-state index in [-0.39, 0.29) is 11.5 Å². The van der Waals surface area contributed by atoms with Gasteiger partial charge in [-0.1, -0.05) is 6.07 Å². The van der Waals surface area contributed by atoms with Gasteiger partial charge in [-0.2, -0.15) is 0 Å². The lowest BCUT2D eigenvalue weighted by atomic mass is 10.0. The molecule has 5 nitrogen and oxygen atoms in total. The van der Waals surface area contributed by atoms with Crippen LogP contribution in [-0.4, -0.2) is 41.6 Å². The smallest absolute Gasteiger partial charge is 0.254 e. The quantitative estimate of drug-likeness (QED) is 0.836. The van der Waals surface area contributed by atoms with Crippen LogP contribution in [0.15, 0.2) is 23.1 Å². The van der Waals surface area contributed by atoms with Crippen molar-refractivity contribution in [2.75, 3.05) is 26.2 Å². The lowest BCUT2D eigenvalue weighted by Crippen LogP contribution is -2.55. The van der Waals surface area contributed by atoms with E-state index in [1.165, 1.54) is 4.57 Å². The molecule has 0 spiro atoms. The minimum Gasteiger partial charge on any atom is -0.338 e. The van der Waals surface area contributed by atoms with Crippen molar-refractivity contribution in [1.29, 1.82) is 0 Å². The van der Waals surface area contributed by atoms with E-state index in [2.05, 4.69) is 5.32 Å². The molecule has 1 fully saturated rings. The molecule has 1 aliphatic heterocycles. The van der Waals surface area contributed by atoms with Crippen molar-refractivity contribution in [3.05, 3.63) is 34.2 Å². The molecular formula is C14H21N3O2. The van der Waals surface area contributed by atoms with Gasteiger partial charge in [0.25, 0.3) is 5.56 Å². The molecule has 1 aromatic rings. The second kappa shape index (κ2) is 5.17. The van der Waals surface area contributed by atoms with Gasteiger partial charge in [0, 0.05) is 37.9 Å². The van der Waals surface area contributed by atoms with Crippen LogP contribution in [0, 0.1) is 6.92 Å². The Morgan fingerprint density at radius 3 is 2.58 bits per heavy atom. The molecule has 1 saturated heterocycles. The number of aryl methyl sites for hydroxylation is 1. The van der Waals surface area contributed by atoms with Crippen LogP contribution >= 0.6 is 0 Å². The lowest BCUT2D eigenvalue weighted by Gasteiger charge is -2.35. The van der Waals surface area contributed by atoms with Crippen molar-refractivity contribution in [2.45, 2.75) is 26.3 Å². The van der Waals surface area contributed by atoms with Gasteiger partial charge in [-0.15, -0.1) is 0 Å². The number of carbonyl (C=O) groups is 1. The minimum absolute atomic E-state index is 0.00157. The number of nitrogens with one attached hydrogen (secondary N) is 1. The van der Waals surface area contributed by atoms with E-state index in [1.807, 2.05) is 11.0 Å². The number of amides is 1. The zero-order chi connectivity index (χ0) is 14.0. The Bertz CT molecular complexity index is 528. The molecule has 0 radical (unpaired) electrons. The van der Waals surface area contributed by atoms with Crippen LogP contribution in [0.5, 0.6) is 0 Å². The first-order chi connectivity index (χ1) is 8.94. The summed E-state index contributed by atoms with van der Waals surface area (Å²) in [5, 5.41) is 3.22. The normalized spacial score (nSPS) is 16.5. The predicted molar refractivity (Wildman–Crippen MR) is 74.2 cm³/mol. The maximum atomic E-state index is 12.6. The zero-order valence-corrected chi connectivity index (χ0v) is 11.8. The summed E-state index contributed by atoms with van der Waals surface area (Å²) in [6.07, 6.45) is 1.69. The fraction of sp³-hybridized carbons (Fsp3) is 0.571. The van der Waals surface area contributed by atoms with Crippen LogP contribution in [0.3, 0.4) is 0 Å². The second-order valence-electron chi connectivity index (χ2n) is 5.47. The van der Waals surface area contributed by atoms with Gasteiger partial charge in [0.2, 0.25) is 5.91 Å². The van der Waals surface area contributed by atoms with Crippen molar-refractivity contribution >= 4 is 5.91 Å². The molecule has 0 aromatic carbocycles. The fourth-order valence-corrected chi connectivity index (χ4v) is 2.40. The van der Waals surface area contributed by atoms with Crippen molar-refractivity contribution < 1.29 is 4.79 Å². The van der Waals surface area contributed by atoms with Crippen LogP contribution in [0.2, 0.25) is 0 Å². The number of carbonyl (C=O) groups excluding carboxylic acids is 1. The van der Waals surface area contributed by atoms with E-state index >= 15 is 0 Å². The van der Waals surface area contributed by atoms with Gasteiger partial charge < -0.3 is 14.8 Å². The SMILES string of the molecule is Cc1cccn(C(C)(C)C(=O)N2CCNCC2)c1=O. The van der Waals surface area contributed by atoms with Gasteiger partial charge in [0.05, 0.1) is 0 Å². The summed E-state index contributed by atoms with van der Waals surface area (Å²) in [6, 6.07) is 3.58. The van der Waals surface area contributed by atoms with Crippen LogP contribution in [-0.2, 0) is 10.3 Å². The largest absolute Gasteiger partial charge is 0.338 e. The molecule has 1 amide bonds. The summed E-state index contributed by atoms with van der Waals surface area (Å²) in [7, 11) is 0. The highest BCUT2D eigenvalue weighted by atomic mass is 16.2. The molecule has 104 valence electrons. The number of aromatic nitrogens is 1. The number of pyridine rings is 1. The molecule has 0 bridgehead atoms. The van der Waals surface area contributed by atoms with Crippen LogP contribution < -0.4 is 10.9 Å².